The van der Waals surface area contributed by atoms with Gasteiger partial charge in [0, 0.05) is 42.7 Å². The first kappa shape index (κ1) is 12.9. The zero-order chi connectivity index (χ0) is 12.3. The van der Waals surface area contributed by atoms with Crippen LogP contribution < -0.4 is 5.32 Å². The third-order valence-corrected chi connectivity index (χ3v) is 4.08. The van der Waals surface area contributed by atoms with Crippen molar-refractivity contribution in [1.29, 1.82) is 0 Å². The normalized spacial score (nSPS) is 19.2. The quantitative estimate of drug-likeness (QED) is 0.834. The summed E-state index contributed by atoms with van der Waals surface area (Å²) in [6, 6.07) is 5.56. The maximum atomic E-state index is 13.9. The third kappa shape index (κ3) is 3.00. The fraction of sp³-hybridized carbons (Fsp3) is 0.538. The number of benzene rings is 1. The maximum absolute atomic E-state index is 13.9. The van der Waals surface area contributed by atoms with Crippen molar-refractivity contribution in [3.05, 3.63) is 29.6 Å². The van der Waals surface area contributed by atoms with Gasteiger partial charge in [-0.25, -0.2) is 4.39 Å². The lowest BCUT2D eigenvalue weighted by Crippen LogP contribution is -2.44. The van der Waals surface area contributed by atoms with Crippen LogP contribution in [0, 0.1) is 5.82 Å². The van der Waals surface area contributed by atoms with Crippen molar-refractivity contribution >= 4 is 11.8 Å². The molecule has 1 aromatic rings. The highest BCUT2D eigenvalue weighted by atomic mass is 32.2. The average molecular weight is 254 g/mol. The van der Waals surface area contributed by atoms with E-state index in [2.05, 4.69) is 17.1 Å². The van der Waals surface area contributed by atoms with E-state index < -0.39 is 0 Å². The monoisotopic (exact) mass is 254 g/mol. The zero-order valence-electron chi connectivity index (χ0n) is 10.4. The van der Waals surface area contributed by atoms with Crippen LogP contribution in [0.4, 0.5) is 4.39 Å². The molecular weight excluding hydrogens is 235 g/mol. The van der Waals surface area contributed by atoms with Gasteiger partial charge in [0.2, 0.25) is 0 Å². The molecule has 0 aliphatic carbocycles. The highest BCUT2D eigenvalue weighted by molar-refractivity contribution is 7.98. The summed E-state index contributed by atoms with van der Waals surface area (Å²) in [6.45, 7) is 6.06. The van der Waals surface area contributed by atoms with Gasteiger partial charge >= 0.3 is 0 Å². The van der Waals surface area contributed by atoms with Crippen molar-refractivity contribution in [2.24, 2.45) is 0 Å². The molecule has 1 aliphatic heterocycles. The van der Waals surface area contributed by atoms with E-state index in [1.807, 2.05) is 18.4 Å². The first-order chi connectivity index (χ1) is 8.22. The Kier molecular flexibility index (Phi) is 4.42. The third-order valence-electron chi connectivity index (χ3n) is 3.35. The number of piperazine rings is 1. The van der Waals surface area contributed by atoms with E-state index in [9.17, 15) is 4.39 Å². The van der Waals surface area contributed by atoms with Crippen molar-refractivity contribution in [3.8, 4) is 0 Å². The van der Waals surface area contributed by atoms with Gasteiger partial charge < -0.3 is 5.32 Å². The lowest BCUT2D eigenvalue weighted by molar-refractivity contribution is 0.182. The molecule has 0 amide bonds. The van der Waals surface area contributed by atoms with Crippen LogP contribution in [0.25, 0.3) is 0 Å². The van der Waals surface area contributed by atoms with Gasteiger partial charge in [0.25, 0.3) is 0 Å². The largest absolute Gasteiger partial charge is 0.314 e. The van der Waals surface area contributed by atoms with E-state index in [1.165, 1.54) is 0 Å². The van der Waals surface area contributed by atoms with Crippen LogP contribution >= 0.6 is 11.8 Å². The van der Waals surface area contributed by atoms with Gasteiger partial charge in [-0.15, -0.1) is 11.8 Å². The highest BCUT2D eigenvalue weighted by Gasteiger charge is 2.20. The summed E-state index contributed by atoms with van der Waals surface area (Å²) in [5, 5.41) is 3.32. The van der Waals surface area contributed by atoms with Gasteiger partial charge in [-0.2, -0.15) is 0 Å². The summed E-state index contributed by atoms with van der Waals surface area (Å²) in [5.41, 5.74) is 0.818. The minimum atomic E-state index is -0.0890. The zero-order valence-corrected chi connectivity index (χ0v) is 11.2. The van der Waals surface area contributed by atoms with Gasteiger partial charge in [-0.1, -0.05) is 0 Å². The van der Waals surface area contributed by atoms with E-state index >= 15 is 0 Å². The molecule has 4 heteroatoms. The Morgan fingerprint density at radius 1 is 1.35 bits per heavy atom. The van der Waals surface area contributed by atoms with E-state index in [-0.39, 0.29) is 11.9 Å². The maximum Gasteiger partial charge on any atom is 0.128 e. The standard InChI is InChI=1S/C13H19FN2S/c1-10(16-7-5-15-6-8-16)12-9-11(17-2)3-4-13(12)14/h3-4,9-10,15H,5-8H2,1-2H3. The van der Waals surface area contributed by atoms with Gasteiger partial charge in [0.15, 0.2) is 0 Å². The first-order valence-electron chi connectivity index (χ1n) is 6.00. The van der Waals surface area contributed by atoms with E-state index in [4.69, 9.17) is 0 Å². The first-order valence-corrected chi connectivity index (χ1v) is 7.23. The summed E-state index contributed by atoms with van der Waals surface area (Å²) in [4.78, 5) is 3.46. The summed E-state index contributed by atoms with van der Waals surface area (Å²) in [5.74, 6) is -0.0890. The molecule has 0 spiro atoms. The minimum absolute atomic E-state index is 0.0890. The van der Waals surface area contributed by atoms with Crippen molar-refractivity contribution in [1.82, 2.24) is 10.2 Å². The lowest BCUT2D eigenvalue weighted by atomic mass is 10.1. The molecule has 1 unspecified atom stereocenters. The Labute approximate surface area is 107 Å². The molecule has 0 aromatic heterocycles. The second-order valence-electron chi connectivity index (χ2n) is 4.35. The summed E-state index contributed by atoms with van der Waals surface area (Å²) < 4.78 is 13.9. The van der Waals surface area contributed by atoms with E-state index in [0.717, 1.165) is 36.6 Å². The topological polar surface area (TPSA) is 15.3 Å². The van der Waals surface area contributed by atoms with E-state index in [1.54, 1.807) is 17.8 Å². The molecule has 2 nitrogen and oxygen atoms in total. The van der Waals surface area contributed by atoms with E-state index in [0.29, 0.717) is 0 Å². The number of hydrogen-bond donors (Lipinski definition) is 1. The number of hydrogen-bond acceptors (Lipinski definition) is 3. The molecule has 0 saturated carbocycles. The molecule has 94 valence electrons. The van der Waals surface area contributed by atoms with Crippen LogP contribution in [0.15, 0.2) is 23.1 Å². The van der Waals surface area contributed by atoms with Gasteiger partial charge in [0.05, 0.1) is 0 Å². The fourth-order valence-electron chi connectivity index (χ4n) is 2.24. The molecule has 1 fully saturated rings. The van der Waals surface area contributed by atoms with Gasteiger partial charge in [0.1, 0.15) is 5.82 Å². The van der Waals surface area contributed by atoms with Crippen LogP contribution in [-0.4, -0.2) is 37.3 Å². The Hall–Kier alpha value is -0.580. The summed E-state index contributed by atoms with van der Waals surface area (Å²) in [6.07, 6.45) is 2.02. The van der Waals surface area contributed by atoms with Gasteiger partial charge in [-0.05, 0) is 31.4 Å². The van der Waals surface area contributed by atoms with Crippen molar-refractivity contribution < 1.29 is 4.39 Å². The number of nitrogens with one attached hydrogen (secondary N) is 1. The Morgan fingerprint density at radius 3 is 2.71 bits per heavy atom. The second-order valence-corrected chi connectivity index (χ2v) is 5.23. The van der Waals surface area contributed by atoms with Crippen LogP contribution in [0.1, 0.15) is 18.5 Å². The summed E-state index contributed by atoms with van der Waals surface area (Å²) in [7, 11) is 0. The molecular formula is C13H19FN2S. The van der Waals surface area contributed by atoms with Gasteiger partial charge in [-0.3, -0.25) is 4.90 Å². The second kappa shape index (κ2) is 5.85. The molecule has 1 aromatic carbocycles. The molecule has 1 atom stereocenters. The number of thioether (sulfide) groups is 1. The number of nitrogens with zero attached hydrogens (tertiary/aromatic N) is 1. The highest BCUT2D eigenvalue weighted by Crippen LogP contribution is 2.27. The number of halogens is 1. The minimum Gasteiger partial charge on any atom is -0.314 e. The Morgan fingerprint density at radius 2 is 2.06 bits per heavy atom. The van der Waals surface area contributed by atoms with Crippen molar-refractivity contribution in [2.75, 3.05) is 32.4 Å². The molecule has 17 heavy (non-hydrogen) atoms. The van der Waals surface area contributed by atoms with Crippen molar-refractivity contribution in [2.45, 2.75) is 17.9 Å². The molecule has 1 aliphatic rings. The molecule has 1 N–H and O–H groups in total. The molecule has 0 bridgehead atoms. The predicted molar refractivity (Wildman–Crippen MR) is 71.0 cm³/mol. The number of rotatable bonds is 3. The van der Waals surface area contributed by atoms with Crippen LogP contribution in [0.2, 0.25) is 0 Å². The molecule has 1 saturated heterocycles. The average Bonchev–Trinajstić information content (AvgIpc) is 2.39. The van der Waals surface area contributed by atoms with Crippen LogP contribution in [0.5, 0.6) is 0 Å². The fourth-order valence-corrected chi connectivity index (χ4v) is 2.68. The lowest BCUT2D eigenvalue weighted by Gasteiger charge is -2.33. The molecule has 2 rings (SSSR count). The van der Waals surface area contributed by atoms with Crippen LogP contribution in [-0.2, 0) is 0 Å². The smallest absolute Gasteiger partial charge is 0.128 e. The summed E-state index contributed by atoms with van der Waals surface area (Å²) >= 11 is 1.66. The Balaban J connectivity index is 2.19. The van der Waals surface area contributed by atoms with Crippen LogP contribution in [0.3, 0.4) is 0 Å². The Bertz CT molecular complexity index is 378. The van der Waals surface area contributed by atoms with Crippen molar-refractivity contribution in [3.63, 3.8) is 0 Å². The molecule has 0 radical (unpaired) electrons. The SMILES string of the molecule is CSc1ccc(F)c(C(C)N2CCNCC2)c1. The molecule has 1 heterocycles. The predicted octanol–water partition coefficient (Wildman–Crippen LogP) is 2.51.